The van der Waals surface area contributed by atoms with E-state index in [1.807, 2.05) is 0 Å². The van der Waals surface area contributed by atoms with Gasteiger partial charge in [0.05, 0.1) is 0 Å². The third kappa shape index (κ3) is 1.81. The number of hydrogen-bond donors (Lipinski definition) is 1. The Labute approximate surface area is 75.2 Å². The summed E-state index contributed by atoms with van der Waals surface area (Å²) in [5.41, 5.74) is 3.40. The number of ether oxygens (including phenoxy) is 1. The molecule has 0 spiro atoms. The van der Waals surface area contributed by atoms with Crippen molar-refractivity contribution >= 4 is 0 Å². The Bertz CT molecular complexity index is 183. The molecule has 0 amide bonds. The first-order valence-corrected chi connectivity index (χ1v) is 4.27. The molecule has 0 aromatic carbocycles. The fourth-order valence-corrected chi connectivity index (χ4v) is 1.87. The van der Waals surface area contributed by atoms with Crippen LogP contribution in [0.4, 0.5) is 13.2 Å². The average Bonchev–Trinajstić information content (AvgIpc) is 2.47. The minimum Gasteiger partial charge on any atom is -0.369 e. The summed E-state index contributed by atoms with van der Waals surface area (Å²) >= 11 is 0. The molecule has 0 saturated heterocycles. The molecular formula is C8H14F3NO. The van der Waals surface area contributed by atoms with Gasteiger partial charge in [0.15, 0.2) is 5.60 Å². The molecule has 0 aromatic rings. The molecule has 1 aliphatic carbocycles. The SMILES string of the molecule is COC1(C(F)(F)F)CCC(CN)C1. The summed E-state index contributed by atoms with van der Waals surface area (Å²) in [4.78, 5) is 0. The zero-order valence-electron chi connectivity index (χ0n) is 7.53. The number of hydrogen-bond acceptors (Lipinski definition) is 2. The van der Waals surface area contributed by atoms with Crippen LogP contribution in [0.15, 0.2) is 0 Å². The first kappa shape index (κ1) is 10.8. The van der Waals surface area contributed by atoms with Gasteiger partial charge in [-0.25, -0.2) is 0 Å². The number of rotatable bonds is 2. The van der Waals surface area contributed by atoms with Crippen molar-refractivity contribution in [3.05, 3.63) is 0 Å². The molecule has 2 N–H and O–H groups in total. The number of alkyl halides is 3. The minimum absolute atomic E-state index is 0.00347. The van der Waals surface area contributed by atoms with Crippen molar-refractivity contribution in [1.82, 2.24) is 0 Å². The lowest BCUT2D eigenvalue weighted by atomic mass is 9.99. The van der Waals surface area contributed by atoms with E-state index in [4.69, 9.17) is 5.73 Å². The van der Waals surface area contributed by atoms with Crippen molar-refractivity contribution in [3.8, 4) is 0 Å². The Morgan fingerprint density at radius 1 is 1.54 bits per heavy atom. The van der Waals surface area contributed by atoms with E-state index in [2.05, 4.69) is 4.74 Å². The van der Waals surface area contributed by atoms with Crippen LogP contribution < -0.4 is 5.73 Å². The predicted octanol–water partition coefficient (Wildman–Crippen LogP) is 1.69. The van der Waals surface area contributed by atoms with Gasteiger partial charge in [0.1, 0.15) is 0 Å². The standard InChI is InChI=1S/C8H14F3NO/c1-13-7(8(9,10)11)3-2-6(4-7)5-12/h6H,2-5,12H2,1H3. The Kier molecular flexibility index (Phi) is 2.87. The van der Waals surface area contributed by atoms with E-state index in [0.29, 0.717) is 13.0 Å². The van der Waals surface area contributed by atoms with Crippen LogP contribution in [0.5, 0.6) is 0 Å². The van der Waals surface area contributed by atoms with Crippen molar-refractivity contribution in [1.29, 1.82) is 0 Å². The molecule has 5 heteroatoms. The summed E-state index contributed by atoms with van der Waals surface area (Å²) in [6.07, 6.45) is -3.73. The summed E-state index contributed by atoms with van der Waals surface area (Å²) in [5.74, 6) is -0.0541. The van der Waals surface area contributed by atoms with E-state index in [9.17, 15) is 13.2 Å². The highest BCUT2D eigenvalue weighted by atomic mass is 19.4. The Morgan fingerprint density at radius 2 is 2.15 bits per heavy atom. The van der Waals surface area contributed by atoms with Crippen LogP contribution in [0.25, 0.3) is 0 Å². The van der Waals surface area contributed by atoms with E-state index in [1.165, 1.54) is 0 Å². The van der Waals surface area contributed by atoms with Gasteiger partial charge in [-0.3, -0.25) is 0 Å². The zero-order chi connectivity index (χ0) is 10.1. The Balaban J connectivity index is 2.74. The molecule has 2 nitrogen and oxygen atoms in total. The largest absolute Gasteiger partial charge is 0.417 e. The molecule has 0 aliphatic heterocycles. The molecule has 1 aliphatic rings. The van der Waals surface area contributed by atoms with Gasteiger partial charge in [0, 0.05) is 7.11 Å². The quantitative estimate of drug-likeness (QED) is 0.731. The smallest absolute Gasteiger partial charge is 0.369 e. The van der Waals surface area contributed by atoms with Gasteiger partial charge in [-0.15, -0.1) is 0 Å². The highest BCUT2D eigenvalue weighted by molar-refractivity contribution is 4.96. The molecule has 13 heavy (non-hydrogen) atoms. The Morgan fingerprint density at radius 3 is 2.38 bits per heavy atom. The van der Waals surface area contributed by atoms with Gasteiger partial charge in [-0.1, -0.05) is 0 Å². The van der Waals surface area contributed by atoms with Crippen LogP contribution in [0.1, 0.15) is 19.3 Å². The highest BCUT2D eigenvalue weighted by Gasteiger charge is 2.58. The van der Waals surface area contributed by atoms with Gasteiger partial charge in [0.25, 0.3) is 0 Å². The van der Waals surface area contributed by atoms with Gasteiger partial charge >= 0.3 is 6.18 Å². The summed E-state index contributed by atoms with van der Waals surface area (Å²) in [6.45, 7) is 0.307. The van der Waals surface area contributed by atoms with Crippen molar-refractivity contribution in [3.63, 3.8) is 0 Å². The zero-order valence-corrected chi connectivity index (χ0v) is 7.53. The molecule has 2 atom stereocenters. The molecule has 0 aromatic heterocycles. The van der Waals surface area contributed by atoms with Crippen molar-refractivity contribution < 1.29 is 17.9 Å². The number of methoxy groups -OCH3 is 1. The Hall–Kier alpha value is -0.290. The van der Waals surface area contributed by atoms with E-state index in [-0.39, 0.29) is 18.8 Å². The molecule has 1 fully saturated rings. The average molecular weight is 197 g/mol. The van der Waals surface area contributed by atoms with Crippen LogP contribution in [0.3, 0.4) is 0 Å². The predicted molar refractivity (Wildman–Crippen MR) is 42.2 cm³/mol. The monoisotopic (exact) mass is 197 g/mol. The fraction of sp³-hybridized carbons (Fsp3) is 1.00. The minimum atomic E-state index is -4.27. The maximum absolute atomic E-state index is 12.6. The van der Waals surface area contributed by atoms with Crippen molar-refractivity contribution in [2.24, 2.45) is 11.7 Å². The van der Waals surface area contributed by atoms with E-state index in [0.717, 1.165) is 7.11 Å². The molecule has 0 heterocycles. The van der Waals surface area contributed by atoms with Crippen LogP contribution in [-0.2, 0) is 4.74 Å². The second-order valence-electron chi connectivity index (χ2n) is 3.54. The molecule has 0 bridgehead atoms. The molecule has 0 radical (unpaired) electrons. The van der Waals surface area contributed by atoms with Crippen molar-refractivity contribution in [2.45, 2.75) is 31.0 Å². The summed E-state index contributed by atoms with van der Waals surface area (Å²) in [5, 5.41) is 0. The third-order valence-corrected chi connectivity index (χ3v) is 2.82. The van der Waals surface area contributed by atoms with Crippen LogP contribution in [0, 0.1) is 5.92 Å². The van der Waals surface area contributed by atoms with Crippen molar-refractivity contribution in [2.75, 3.05) is 13.7 Å². The second-order valence-corrected chi connectivity index (χ2v) is 3.54. The topological polar surface area (TPSA) is 35.2 Å². The molecule has 1 saturated carbocycles. The van der Waals surface area contributed by atoms with Gasteiger partial charge in [-0.2, -0.15) is 13.2 Å². The maximum Gasteiger partial charge on any atom is 0.417 e. The lowest BCUT2D eigenvalue weighted by Crippen LogP contribution is -2.44. The summed E-state index contributed by atoms with van der Waals surface area (Å²) in [7, 11) is 1.12. The maximum atomic E-state index is 12.6. The molecular weight excluding hydrogens is 183 g/mol. The third-order valence-electron chi connectivity index (χ3n) is 2.82. The molecule has 78 valence electrons. The first-order chi connectivity index (χ1) is 5.95. The van der Waals surface area contributed by atoms with E-state index >= 15 is 0 Å². The molecule has 1 rings (SSSR count). The van der Waals surface area contributed by atoms with Gasteiger partial charge < -0.3 is 10.5 Å². The van der Waals surface area contributed by atoms with E-state index < -0.39 is 11.8 Å². The van der Waals surface area contributed by atoms with Crippen LogP contribution >= 0.6 is 0 Å². The van der Waals surface area contributed by atoms with Gasteiger partial charge in [-0.05, 0) is 31.7 Å². The van der Waals surface area contributed by atoms with Crippen LogP contribution in [0.2, 0.25) is 0 Å². The summed E-state index contributed by atoms with van der Waals surface area (Å²) < 4.78 is 42.3. The molecule has 2 unspecified atom stereocenters. The normalized spacial score (nSPS) is 35.3. The lowest BCUT2D eigenvalue weighted by molar-refractivity contribution is -0.268. The lowest BCUT2D eigenvalue weighted by Gasteiger charge is -2.30. The number of nitrogens with two attached hydrogens (primary N) is 1. The van der Waals surface area contributed by atoms with E-state index in [1.54, 1.807) is 0 Å². The highest BCUT2D eigenvalue weighted by Crippen LogP contribution is 2.47. The van der Waals surface area contributed by atoms with Crippen LogP contribution in [-0.4, -0.2) is 25.4 Å². The fourth-order valence-electron chi connectivity index (χ4n) is 1.87. The second kappa shape index (κ2) is 3.46. The number of halogens is 3. The first-order valence-electron chi connectivity index (χ1n) is 4.27. The van der Waals surface area contributed by atoms with Gasteiger partial charge in [0.2, 0.25) is 0 Å². The summed E-state index contributed by atoms with van der Waals surface area (Å²) in [6, 6.07) is 0.